The molecule has 38 heavy (non-hydrogen) atoms. The minimum Gasteiger partial charge on any atom is -0.445 e. The number of hydrazine groups is 1. The Morgan fingerprint density at radius 1 is 1.26 bits per heavy atom. The number of carbonyl (C=O) groups is 2. The lowest BCUT2D eigenvalue weighted by Crippen LogP contribution is -2.47. The maximum absolute atomic E-state index is 14.4. The second-order valence-electron chi connectivity index (χ2n) is 9.02. The summed E-state index contributed by atoms with van der Waals surface area (Å²) in [5.41, 5.74) is -0.642. The first kappa shape index (κ1) is 29.9. The number of alkyl halides is 3. The van der Waals surface area contributed by atoms with Gasteiger partial charge in [0, 0.05) is 33.0 Å². The van der Waals surface area contributed by atoms with E-state index in [-0.39, 0.29) is 50.3 Å². The molecule has 0 bridgehead atoms. The van der Waals surface area contributed by atoms with Gasteiger partial charge in [0.05, 0.1) is 18.4 Å². The third kappa shape index (κ3) is 7.45. The third-order valence-electron chi connectivity index (χ3n) is 5.54. The van der Waals surface area contributed by atoms with Gasteiger partial charge in [0.25, 0.3) is 5.60 Å². The zero-order valence-corrected chi connectivity index (χ0v) is 22.7. The molecule has 7 nitrogen and oxygen atoms in total. The minimum absolute atomic E-state index is 0.00649. The van der Waals surface area contributed by atoms with Gasteiger partial charge in [-0.15, -0.1) is 0 Å². The number of hydrogen-bond donors (Lipinski definition) is 1. The summed E-state index contributed by atoms with van der Waals surface area (Å²) in [6, 6.07) is 3.51. The molecular formula is C25H25Cl3F3N3O4. The molecule has 2 aliphatic rings. The summed E-state index contributed by atoms with van der Waals surface area (Å²) in [6.07, 6.45) is -1.43. The highest BCUT2D eigenvalue weighted by molar-refractivity contribution is 6.34. The first-order chi connectivity index (χ1) is 17.7. The number of allylic oxidation sites excluding steroid dienone is 4. The Morgan fingerprint density at radius 3 is 2.42 bits per heavy atom. The van der Waals surface area contributed by atoms with E-state index in [9.17, 15) is 22.8 Å². The van der Waals surface area contributed by atoms with E-state index in [1.807, 2.05) is 0 Å². The van der Waals surface area contributed by atoms with E-state index in [1.165, 1.54) is 24.3 Å². The van der Waals surface area contributed by atoms with Crippen molar-refractivity contribution in [1.82, 2.24) is 10.4 Å². The van der Waals surface area contributed by atoms with Crippen LogP contribution in [0.3, 0.4) is 0 Å². The Balaban J connectivity index is 1.94. The second-order valence-corrected chi connectivity index (χ2v) is 10.4. The molecule has 3 rings (SSSR count). The Kier molecular flexibility index (Phi) is 9.43. The van der Waals surface area contributed by atoms with Crippen LogP contribution in [0.4, 0.5) is 18.0 Å². The predicted octanol–water partition coefficient (Wildman–Crippen LogP) is 7.05. The number of nitrogens with zero attached hydrogens (tertiary/aromatic N) is 2. The van der Waals surface area contributed by atoms with E-state index < -0.39 is 30.4 Å². The molecule has 1 atom stereocenters. The molecule has 1 aliphatic carbocycles. The fraction of sp³-hybridized carbons (Fsp3) is 0.400. The molecule has 0 aromatic heterocycles. The number of nitrogens with one attached hydrogen (secondary N) is 1. The molecule has 1 heterocycles. The van der Waals surface area contributed by atoms with Crippen molar-refractivity contribution in [3.05, 3.63) is 69.2 Å². The summed E-state index contributed by atoms with van der Waals surface area (Å²) in [6.45, 7) is 6.56. The van der Waals surface area contributed by atoms with Gasteiger partial charge in [0.15, 0.2) is 0 Å². The van der Waals surface area contributed by atoms with Gasteiger partial charge in [0.2, 0.25) is 5.91 Å². The van der Waals surface area contributed by atoms with Gasteiger partial charge >= 0.3 is 12.3 Å². The number of hydrogen-bond acceptors (Lipinski definition) is 5. The van der Waals surface area contributed by atoms with E-state index in [1.54, 1.807) is 13.8 Å². The van der Waals surface area contributed by atoms with Gasteiger partial charge in [-0.2, -0.15) is 13.2 Å². The molecule has 1 N–H and O–H groups in total. The van der Waals surface area contributed by atoms with Crippen molar-refractivity contribution in [2.45, 2.75) is 51.0 Å². The van der Waals surface area contributed by atoms with Crippen LogP contribution < -0.4 is 5.43 Å². The highest BCUT2D eigenvalue weighted by Crippen LogP contribution is 2.49. The first-order valence-corrected chi connectivity index (χ1v) is 12.6. The predicted molar refractivity (Wildman–Crippen MR) is 139 cm³/mol. The van der Waals surface area contributed by atoms with Gasteiger partial charge in [-0.25, -0.2) is 9.80 Å². The van der Waals surface area contributed by atoms with Crippen LogP contribution in [0.25, 0.3) is 0 Å². The number of oxime groups is 1. The highest BCUT2D eigenvalue weighted by Gasteiger charge is 2.62. The van der Waals surface area contributed by atoms with Gasteiger partial charge < -0.3 is 9.57 Å². The molecule has 1 unspecified atom stereocenters. The van der Waals surface area contributed by atoms with E-state index in [2.05, 4.69) is 17.2 Å². The van der Waals surface area contributed by atoms with Crippen LogP contribution in [-0.4, -0.2) is 41.5 Å². The van der Waals surface area contributed by atoms with Crippen LogP contribution in [0.15, 0.2) is 58.8 Å². The quantitative estimate of drug-likeness (QED) is 0.258. The SMILES string of the molecule is C=C(Cl)/C=C\C(=C/CN(NC(=O)C1CC1)C(=O)OC(C)C)C1=NOC(c2cc(Cl)cc(Cl)c2)(C(F)(F)F)C1. The normalized spacial score (nSPS) is 19.8. The van der Waals surface area contributed by atoms with Crippen LogP contribution in [0.1, 0.15) is 38.7 Å². The monoisotopic (exact) mass is 593 g/mol. The van der Waals surface area contributed by atoms with Gasteiger partial charge in [-0.05, 0) is 56.5 Å². The van der Waals surface area contributed by atoms with Crippen molar-refractivity contribution in [3.63, 3.8) is 0 Å². The molecule has 0 spiro atoms. The molecule has 1 aromatic rings. The minimum atomic E-state index is -4.90. The molecule has 0 saturated heterocycles. The topological polar surface area (TPSA) is 80.2 Å². The Hall–Kier alpha value is -2.69. The van der Waals surface area contributed by atoms with Gasteiger partial charge in [-0.1, -0.05) is 58.7 Å². The van der Waals surface area contributed by atoms with Crippen LogP contribution in [-0.2, 0) is 20.0 Å². The summed E-state index contributed by atoms with van der Waals surface area (Å²) >= 11 is 17.8. The number of carbonyl (C=O) groups excluding carboxylic acids is 2. The van der Waals surface area contributed by atoms with Crippen LogP contribution in [0, 0.1) is 5.92 Å². The second kappa shape index (κ2) is 12.0. The average Bonchev–Trinajstić information content (AvgIpc) is 3.54. The standard InChI is InChI=1S/C25H25Cl3F3N3O4/c1-14(2)37-23(36)34(32-22(35)17-6-7-17)9-8-16(5-4-15(3)26)21-13-24(38-33-21,25(29,30)31)18-10-19(27)12-20(28)11-18/h4-5,8,10-12,14,17H,3,6-7,9,13H2,1-2H3,(H,32,35)/b5-4-,16-8+. The highest BCUT2D eigenvalue weighted by atomic mass is 35.5. The summed E-state index contributed by atoms with van der Waals surface area (Å²) in [4.78, 5) is 30.0. The molecule has 2 amide bonds. The van der Waals surface area contributed by atoms with Crippen molar-refractivity contribution in [2.24, 2.45) is 11.1 Å². The number of ether oxygens (including phenoxy) is 1. The smallest absolute Gasteiger partial charge is 0.435 e. The molecule has 206 valence electrons. The van der Waals surface area contributed by atoms with Gasteiger partial charge in [0.1, 0.15) is 0 Å². The lowest BCUT2D eigenvalue weighted by molar-refractivity contribution is -0.275. The number of amides is 2. The molecule has 1 fully saturated rings. The van der Waals surface area contributed by atoms with Crippen molar-refractivity contribution in [2.75, 3.05) is 6.54 Å². The lowest BCUT2D eigenvalue weighted by Gasteiger charge is -2.29. The van der Waals surface area contributed by atoms with Crippen LogP contribution in [0.5, 0.6) is 0 Å². The maximum atomic E-state index is 14.4. The van der Waals surface area contributed by atoms with Crippen molar-refractivity contribution in [3.8, 4) is 0 Å². The van der Waals surface area contributed by atoms with E-state index >= 15 is 0 Å². The molecule has 1 saturated carbocycles. The molecular weight excluding hydrogens is 570 g/mol. The van der Waals surface area contributed by atoms with Gasteiger partial charge in [-0.3, -0.25) is 10.2 Å². The Morgan fingerprint density at radius 2 is 1.89 bits per heavy atom. The molecule has 13 heteroatoms. The first-order valence-electron chi connectivity index (χ1n) is 11.5. The van der Waals surface area contributed by atoms with Crippen molar-refractivity contribution in [1.29, 1.82) is 0 Å². The zero-order valence-electron chi connectivity index (χ0n) is 20.4. The Bertz CT molecular complexity index is 1180. The summed E-state index contributed by atoms with van der Waals surface area (Å²) < 4.78 is 48.4. The Labute approximate surface area is 232 Å². The molecule has 1 aliphatic heterocycles. The van der Waals surface area contributed by atoms with E-state index in [0.717, 1.165) is 17.1 Å². The fourth-order valence-electron chi connectivity index (χ4n) is 3.50. The average molecular weight is 595 g/mol. The van der Waals surface area contributed by atoms with E-state index in [0.29, 0.717) is 12.8 Å². The largest absolute Gasteiger partial charge is 0.445 e. The maximum Gasteiger partial charge on any atom is 0.435 e. The van der Waals surface area contributed by atoms with Crippen molar-refractivity contribution >= 4 is 52.5 Å². The fourth-order valence-corrected chi connectivity index (χ4v) is 4.09. The van der Waals surface area contributed by atoms with Crippen LogP contribution >= 0.6 is 34.8 Å². The van der Waals surface area contributed by atoms with E-state index in [4.69, 9.17) is 44.4 Å². The summed E-state index contributed by atoms with van der Waals surface area (Å²) in [5.74, 6) is -0.572. The molecule has 0 radical (unpaired) electrons. The lowest BCUT2D eigenvalue weighted by atomic mass is 9.86. The third-order valence-corrected chi connectivity index (χ3v) is 6.10. The summed E-state index contributed by atoms with van der Waals surface area (Å²) in [7, 11) is 0. The zero-order chi connectivity index (χ0) is 28.3. The number of benzene rings is 1. The van der Waals surface area contributed by atoms with Crippen LogP contribution in [0.2, 0.25) is 10.0 Å². The molecule has 1 aromatic carbocycles. The number of rotatable bonds is 8. The number of halogens is 6. The van der Waals surface area contributed by atoms with Crippen molar-refractivity contribution < 1.29 is 32.3 Å². The summed E-state index contributed by atoms with van der Waals surface area (Å²) in [5, 5.41) is 4.76.